The fourth-order valence-electron chi connectivity index (χ4n) is 4.83. The maximum Gasteiger partial charge on any atom is 0.332 e. The average molecular weight is 582 g/mol. The van der Waals surface area contributed by atoms with Gasteiger partial charge >= 0.3 is 5.97 Å². The number of carboxylic acid groups (broad SMARTS) is 1. The van der Waals surface area contributed by atoms with Gasteiger partial charge in [-0.15, -0.1) is 0 Å². The Bertz CT molecular complexity index is 1660. The molecule has 0 aliphatic rings. The predicted molar refractivity (Wildman–Crippen MR) is 168 cm³/mol. The predicted octanol–water partition coefficient (Wildman–Crippen LogP) is 5.05. The van der Waals surface area contributed by atoms with Crippen LogP contribution in [0.25, 0.3) is 40.0 Å². The van der Waals surface area contributed by atoms with Crippen LogP contribution in [0.2, 0.25) is 0 Å². The fraction of sp³-hybridized carbons (Fsp3) is 0.212. The number of imidazole rings is 1. The molecule has 0 spiro atoms. The van der Waals surface area contributed by atoms with Crippen molar-refractivity contribution in [1.29, 1.82) is 5.41 Å². The fourth-order valence-corrected chi connectivity index (χ4v) is 4.83. The zero-order chi connectivity index (χ0) is 31.3. The van der Waals surface area contributed by atoms with Crippen LogP contribution in [-0.4, -0.2) is 61.6 Å². The average Bonchev–Trinajstić information content (AvgIpc) is 3.41. The van der Waals surface area contributed by atoms with Gasteiger partial charge in [-0.05, 0) is 50.1 Å². The highest BCUT2D eigenvalue weighted by Gasteiger charge is 2.20. The smallest absolute Gasteiger partial charge is 0.332 e. The van der Waals surface area contributed by atoms with Crippen molar-refractivity contribution in [3.05, 3.63) is 83.9 Å². The van der Waals surface area contributed by atoms with Crippen molar-refractivity contribution in [2.24, 2.45) is 5.73 Å². The monoisotopic (exact) mass is 581 g/mol. The lowest BCUT2D eigenvalue weighted by molar-refractivity contribution is -0.146. The normalized spacial score (nSPS) is 12.0. The third kappa shape index (κ3) is 7.17. The van der Waals surface area contributed by atoms with Gasteiger partial charge in [-0.1, -0.05) is 48.5 Å². The van der Waals surface area contributed by atoms with E-state index in [0.717, 1.165) is 28.9 Å². The topological polar surface area (TPSA) is 177 Å². The summed E-state index contributed by atoms with van der Waals surface area (Å²) in [7, 11) is 0. The molecule has 43 heavy (non-hydrogen) atoms. The lowest BCUT2D eigenvalue weighted by Crippen LogP contribution is -2.30. The van der Waals surface area contributed by atoms with E-state index >= 15 is 0 Å². The number of hydrogen-bond acceptors (Lipinski definition) is 7. The number of H-pyrrole nitrogens is 1. The number of carboxylic acids is 1. The number of nitrogens with zero attached hydrogens (tertiary/aromatic N) is 2. The first-order chi connectivity index (χ1) is 20.5. The Hall–Kier alpha value is -5.22. The van der Waals surface area contributed by atoms with Crippen LogP contribution < -0.4 is 10.6 Å². The van der Waals surface area contributed by atoms with Crippen molar-refractivity contribution in [1.82, 2.24) is 9.97 Å². The van der Waals surface area contributed by atoms with Crippen molar-refractivity contribution in [2.75, 3.05) is 11.4 Å². The summed E-state index contributed by atoms with van der Waals surface area (Å²) in [6, 6.07) is 20.1. The Kier molecular flexibility index (Phi) is 9.42. The third-order valence-corrected chi connectivity index (χ3v) is 7.06. The van der Waals surface area contributed by atoms with Crippen LogP contribution in [0.3, 0.4) is 0 Å². The molecule has 1 unspecified atom stereocenters. The van der Waals surface area contributed by atoms with E-state index in [-0.39, 0.29) is 23.9 Å². The number of amides is 1. The van der Waals surface area contributed by atoms with Gasteiger partial charge in [0.15, 0.2) is 6.10 Å². The molecule has 4 rings (SSSR count). The quantitative estimate of drug-likeness (QED) is 0.100. The number of aliphatic hydroxyl groups excluding tert-OH is 1. The van der Waals surface area contributed by atoms with Crippen molar-refractivity contribution in [2.45, 2.75) is 39.3 Å². The summed E-state index contributed by atoms with van der Waals surface area (Å²) in [6.07, 6.45) is 0.938. The molecule has 0 aliphatic carbocycles. The van der Waals surface area contributed by atoms with E-state index in [4.69, 9.17) is 21.2 Å². The SMILES string of the molecule is CCN(c1ccc(-c2nc(-c3ccc(C(=N)CC(O)C(=O)O)cc3)c(-c3ccc(/C=C/C(N)=O)cc3)[nH]2)c(O)c1)C(C)C. The van der Waals surface area contributed by atoms with Gasteiger partial charge in [0.25, 0.3) is 0 Å². The molecule has 7 N–H and O–H groups in total. The maximum absolute atomic E-state index is 11.1. The second kappa shape index (κ2) is 13.2. The Morgan fingerprint density at radius 2 is 1.70 bits per heavy atom. The summed E-state index contributed by atoms with van der Waals surface area (Å²) in [6.45, 7) is 7.04. The number of aliphatic carboxylic acids is 1. The third-order valence-electron chi connectivity index (χ3n) is 7.06. The zero-order valence-corrected chi connectivity index (χ0v) is 24.2. The van der Waals surface area contributed by atoms with Crippen LogP contribution in [0.4, 0.5) is 5.69 Å². The number of aliphatic hydroxyl groups is 1. The molecular formula is C33H35N5O5. The number of phenols is 1. The van der Waals surface area contributed by atoms with Crippen LogP contribution in [-0.2, 0) is 9.59 Å². The molecule has 0 bridgehead atoms. The van der Waals surface area contributed by atoms with Gasteiger partial charge in [0.2, 0.25) is 5.91 Å². The number of primary amides is 1. The van der Waals surface area contributed by atoms with Crippen LogP contribution in [0, 0.1) is 5.41 Å². The summed E-state index contributed by atoms with van der Waals surface area (Å²) in [5.41, 5.74) is 10.7. The second-order valence-corrected chi connectivity index (χ2v) is 10.4. The van der Waals surface area contributed by atoms with Gasteiger partial charge in [-0.2, -0.15) is 0 Å². The largest absolute Gasteiger partial charge is 0.507 e. The van der Waals surface area contributed by atoms with Crippen molar-refractivity contribution in [3.8, 4) is 39.7 Å². The van der Waals surface area contributed by atoms with Crippen molar-refractivity contribution < 1.29 is 24.9 Å². The van der Waals surface area contributed by atoms with Crippen LogP contribution in [0.1, 0.15) is 38.3 Å². The highest BCUT2D eigenvalue weighted by Crippen LogP contribution is 2.37. The number of aromatic nitrogens is 2. The lowest BCUT2D eigenvalue weighted by Gasteiger charge is -2.27. The maximum atomic E-state index is 11.1. The van der Waals surface area contributed by atoms with Crippen molar-refractivity contribution in [3.63, 3.8) is 0 Å². The van der Waals surface area contributed by atoms with E-state index in [1.807, 2.05) is 36.4 Å². The molecule has 4 aromatic rings. The van der Waals surface area contributed by atoms with E-state index in [1.165, 1.54) is 6.08 Å². The molecule has 0 saturated carbocycles. The molecular weight excluding hydrogens is 546 g/mol. The van der Waals surface area contributed by atoms with E-state index < -0.39 is 18.0 Å². The summed E-state index contributed by atoms with van der Waals surface area (Å²) < 4.78 is 0. The summed E-state index contributed by atoms with van der Waals surface area (Å²) in [4.78, 5) is 32.5. The van der Waals surface area contributed by atoms with E-state index in [1.54, 1.807) is 36.4 Å². The first-order valence-corrected chi connectivity index (χ1v) is 13.9. The van der Waals surface area contributed by atoms with Gasteiger partial charge in [0.05, 0.1) is 17.0 Å². The van der Waals surface area contributed by atoms with Gasteiger partial charge in [0.1, 0.15) is 11.6 Å². The summed E-state index contributed by atoms with van der Waals surface area (Å²) >= 11 is 0. The number of benzene rings is 3. The zero-order valence-electron chi connectivity index (χ0n) is 24.2. The minimum absolute atomic E-state index is 0.00322. The number of rotatable bonds is 12. The molecule has 1 amide bonds. The highest BCUT2D eigenvalue weighted by molar-refractivity contribution is 6.00. The molecule has 0 aliphatic heterocycles. The number of phenolic OH excluding ortho intramolecular Hbond substituents is 1. The first kappa shape index (κ1) is 30.7. The molecule has 0 fully saturated rings. The molecule has 1 heterocycles. The first-order valence-electron chi connectivity index (χ1n) is 13.9. The Balaban J connectivity index is 1.76. The van der Waals surface area contributed by atoms with E-state index in [2.05, 4.69) is 30.7 Å². The number of nitrogens with one attached hydrogen (secondary N) is 2. The van der Waals surface area contributed by atoms with Gasteiger partial charge in [-0.25, -0.2) is 9.78 Å². The molecule has 10 heteroatoms. The number of carbonyl (C=O) groups is 2. The Morgan fingerprint density at radius 1 is 1.05 bits per heavy atom. The Morgan fingerprint density at radius 3 is 2.26 bits per heavy atom. The summed E-state index contributed by atoms with van der Waals surface area (Å²) in [5, 5.41) is 37.9. The molecule has 0 radical (unpaired) electrons. The number of anilines is 1. The Labute approximate surface area is 249 Å². The van der Waals surface area contributed by atoms with Gasteiger partial charge in [0, 0.05) is 53.7 Å². The molecule has 1 aromatic heterocycles. The summed E-state index contributed by atoms with van der Waals surface area (Å²) in [5.74, 6) is -1.38. The minimum Gasteiger partial charge on any atom is -0.507 e. The highest BCUT2D eigenvalue weighted by atomic mass is 16.4. The number of nitrogens with two attached hydrogens (primary N) is 1. The number of hydrogen-bond donors (Lipinski definition) is 6. The van der Waals surface area contributed by atoms with E-state index in [9.17, 15) is 19.8 Å². The number of aromatic hydroxyl groups is 1. The molecule has 0 saturated heterocycles. The van der Waals surface area contributed by atoms with E-state index in [0.29, 0.717) is 28.3 Å². The van der Waals surface area contributed by atoms with Crippen LogP contribution >= 0.6 is 0 Å². The lowest BCUT2D eigenvalue weighted by atomic mass is 9.99. The van der Waals surface area contributed by atoms with Crippen LogP contribution in [0.5, 0.6) is 5.75 Å². The standard InChI is InChI=1S/C33H35N5O5/c1-4-38(19(2)3)24-14-15-25(27(39)17-24)32-36-30(22-8-5-20(6-9-22)7-16-29(35)41)31(37-32)23-12-10-21(11-13-23)26(34)18-28(40)33(42)43/h5-17,19,28,34,39-40H,4,18H2,1-3H3,(H2,35,41)(H,36,37)(H,42,43)/b16-7+,34-26?. The molecule has 10 nitrogen and oxygen atoms in total. The second-order valence-electron chi connectivity index (χ2n) is 10.4. The van der Waals surface area contributed by atoms with Gasteiger partial charge in [-0.3, -0.25) is 4.79 Å². The van der Waals surface area contributed by atoms with Gasteiger partial charge < -0.3 is 36.3 Å². The molecule has 1 atom stereocenters. The minimum atomic E-state index is -1.66. The number of aromatic amines is 1. The number of carbonyl (C=O) groups excluding carboxylic acids is 1. The van der Waals surface area contributed by atoms with Crippen molar-refractivity contribution >= 4 is 29.4 Å². The molecule has 222 valence electrons. The van der Waals surface area contributed by atoms with Crippen LogP contribution in [0.15, 0.2) is 72.8 Å². The molecule has 3 aromatic carbocycles.